The molecule has 1 aliphatic heterocycles. The molecule has 0 aromatic heterocycles. The molecule has 0 saturated carbocycles. The first-order valence-electron chi connectivity index (χ1n) is 5.89. The second-order valence-electron chi connectivity index (χ2n) is 4.38. The van der Waals surface area contributed by atoms with E-state index in [1.807, 2.05) is 6.07 Å². The van der Waals surface area contributed by atoms with E-state index < -0.39 is 20.8 Å². The Morgan fingerprint density at radius 1 is 1.21 bits per heavy atom. The van der Waals surface area contributed by atoms with Crippen molar-refractivity contribution >= 4 is 20.8 Å². The Morgan fingerprint density at radius 2 is 1.79 bits per heavy atom. The average Bonchev–Trinajstić information content (AvgIpc) is 2.41. The Labute approximate surface area is 115 Å². The van der Waals surface area contributed by atoms with Crippen LogP contribution in [0.25, 0.3) is 0 Å². The Balaban J connectivity index is 2.09. The number of nitrogens with zero attached hydrogens (tertiary/aromatic N) is 1. The maximum atomic E-state index is 12.1. The molecule has 1 saturated heterocycles. The molecule has 0 bridgehead atoms. The van der Waals surface area contributed by atoms with Crippen LogP contribution in [0.4, 0.5) is 0 Å². The van der Waals surface area contributed by atoms with E-state index in [1.54, 1.807) is 0 Å². The van der Waals surface area contributed by atoms with Crippen LogP contribution in [0.5, 0.6) is 0 Å². The molecule has 0 spiro atoms. The monoisotopic (exact) mass is 298 g/mol. The molecule has 1 fully saturated rings. The molecule has 1 aliphatic rings. The number of rotatable bonds is 3. The molecule has 0 aliphatic carbocycles. The number of sulfonamides is 1. The third kappa shape index (κ3) is 3.62. The zero-order valence-corrected chi connectivity index (χ0v) is 11.8. The van der Waals surface area contributed by atoms with Crippen LogP contribution in [-0.4, -0.2) is 30.2 Å². The lowest BCUT2D eigenvalue weighted by Crippen LogP contribution is -2.39. The van der Waals surface area contributed by atoms with Crippen molar-refractivity contribution < 1.29 is 12.6 Å². The Kier molecular flexibility index (Phi) is 4.34. The van der Waals surface area contributed by atoms with Gasteiger partial charge in [-0.3, -0.25) is 4.21 Å². The Hall–Kier alpha value is -1.23. The van der Waals surface area contributed by atoms with Crippen LogP contribution in [0.1, 0.15) is 18.4 Å². The first kappa shape index (κ1) is 14.2. The van der Waals surface area contributed by atoms with Crippen molar-refractivity contribution in [3.8, 4) is 6.07 Å². The molecule has 7 heteroatoms. The van der Waals surface area contributed by atoms with Crippen molar-refractivity contribution in [3.05, 3.63) is 29.8 Å². The SMILES string of the molecule is N#Cc1ccc(S(=O)(=O)NC2CCS(=O)CC2)cc1. The molecule has 0 atom stereocenters. The van der Waals surface area contributed by atoms with Gasteiger partial charge < -0.3 is 0 Å². The van der Waals surface area contributed by atoms with E-state index in [9.17, 15) is 12.6 Å². The lowest BCUT2D eigenvalue weighted by atomic mass is 10.2. The number of benzene rings is 1. The Bertz CT molecular complexity index is 607. The molecule has 5 nitrogen and oxygen atoms in total. The summed E-state index contributed by atoms with van der Waals surface area (Å²) in [5.41, 5.74) is 0.423. The normalized spacial score (nSPS) is 23.7. The molecule has 1 aromatic rings. The number of hydrogen-bond donors (Lipinski definition) is 1. The number of nitriles is 1. The molecule has 1 aromatic carbocycles. The molecule has 1 heterocycles. The van der Waals surface area contributed by atoms with Gasteiger partial charge in [0.1, 0.15) is 0 Å². The largest absolute Gasteiger partial charge is 0.260 e. The summed E-state index contributed by atoms with van der Waals surface area (Å²) in [5.74, 6) is 1.08. The Morgan fingerprint density at radius 3 is 2.32 bits per heavy atom. The number of hydrogen-bond acceptors (Lipinski definition) is 4. The fourth-order valence-corrected chi connectivity index (χ4v) is 4.51. The maximum Gasteiger partial charge on any atom is 0.240 e. The molecule has 0 radical (unpaired) electrons. The van der Waals surface area contributed by atoms with Crippen molar-refractivity contribution in [2.45, 2.75) is 23.8 Å². The predicted molar refractivity (Wildman–Crippen MR) is 72.4 cm³/mol. The second-order valence-corrected chi connectivity index (χ2v) is 7.79. The van der Waals surface area contributed by atoms with Gasteiger partial charge in [0.05, 0.1) is 16.5 Å². The molecule has 102 valence electrons. The highest BCUT2D eigenvalue weighted by Gasteiger charge is 2.23. The first-order chi connectivity index (χ1) is 9.01. The third-order valence-electron chi connectivity index (χ3n) is 3.00. The third-order valence-corrected chi connectivity index (χ3v) is 5.92. The van der Waals surface area contributed by atoms with Crippen LogP contribution >= 0.6 is 0 Å². The van der Waals surface area contributed by atoms with E-state index in [0.29, 0.717) is 29.9 Å². The fourth-order valence-electron chi connectivity index (χ4n) is 1.91. The zero-order chi connectivity index (χ0) is 13.9. The van der Waals surface area contributed by atoms with E-state index in [-0.39, 0.29) is 10.9 Å². The van der Waals surface area contributed by atoms with Crippen LogP contribution in [0.15, 0.2) is 29.2 Å². The average molecular weight is 298 g/mol. The van der Waals surface area contributed by atoms with Gasteiger partial charge in [-0.1, -0.05) is 0 Å². The van der Waals surface area contributed by atoms with E-state index in [4.69, 9.17) is 5.26 Å². The van der Waals surface area contributed by atoms with Crippen molar-refractivity contribution in [1.29, 1.82) is 5.26 Å². The lowest BCUT2D eigenvalue weighted by molar-refractivity contribution is 0.522. The summed E-state index contributed by atoms with van der Waals surface area (Å²) in [6.45, 7) is 0. The first-order valence-corrected chi connectivity index (χ1v) is 8.86. The predicted octanol–water partition coefficient (Wildman–Crippen LogP) is 0.748. The van der Waals surface area contributed by atoms with Gasteiger partial charge in [0.2, 0.25) is 10.0 Å². The summed E-state index contributed by atoms with van der Waals surface area (Å²) < 4.78 is 38.1. The zero-order valence-electron chi connectivity index (χ0n) is 10.2. The molecule has 19 heavy (non-hydrogen) atoms. The molecule has 0 unspecified atom stereocenters. The molecular weight excluding hydrogens is 284 g/mol. The smallest absolute Gasteiger partial charge is 0.240 e. The van der Waals surface area contributed by atoms with Gasteiger partial charge in [0, 0.05) is 28.3 Å². The van der Waals surface area contributed by atoms with Crippen LogP contribution in [-0.2, 0) is 20.8 Å². The summed E-state index contributed by atoms with van der Waals surface area (Å²) in [6, 6.07) is 7.58. The second kappa shape index (κ2) is 5.82. The molecule has 1 N–H and O–H groups in total. The fraction of sp³-hybridized carbons (Fsp3) is 0.417. The minimum absolute atomic E-state index is 0.151. The summed E-state index contributed by atoms with van der Waals surface area (Å²) >= 11 is 0. The van der Waals surface area contributed by atoms with E-state index in [0.717, 1.165) is 0 Å². The quantitative estimate of drug-likeness (QED) is 0.892. The van der Waals surface area contributed by atoms with Crippen LogP contribution in [0.2, 0.25) is 0 Å². The van der Waals surface area contributed by atoms with Crippen molar-refractivity contribution in [3.63, 3.8) is 0 Å². The highest BCUT2D eigenvalue weighted by Crippen LogP contribution is 2.15. The van der Waals surface area contributed by atoms with Gasteiger partial charge in [-0.15, -0.1) is 0 Å². The topological polar surface area (TPSA) is 87.0 Å². The van der Waals surface area contributed by atoms with Gasteiger partial charge >= 0.3 is 0 Å². The lowest BCUT2D eigenvalue weighted by Gasteiger charge is -2.22. The van der Waals surface area contributed by atoms with Crippen LogP contribution in [0, 0.1) is 11.3 Å². The van der Waals surface area contributed by atoms with Gasteiger partial charge in [-0.2, -0.15) is 5.26 Å². The summed E-state index contributed by atoms with van der Waals surface area (Å²) in [7, 11) is -4.37. The standard InChI is InChI=1S/C12H14N2O3S2/c13-9-10-1-3-12(4-2-10)19(16,17)14-11-5-7-18(15)8-6-11/h1-4,11,14H,5-8H2. The van der Waals surface area contributed by atoms with Gasteiger partial charge in [-0.25, -0.2) is 13.1 Å². The molecule has 2 rings (SSSR count). The summed E-state index contributed by atoms with van der Waals surface area (Å²) in [6.07, 6.45) is 1.20. The summed E-state index contributed by atoms with van der Waals surface area (Å²) in [4.78, 5) is 0.151. The molecular formula is C12H14N2O3S2. The van der Waals surface area contributed by atoms with Crippen LogP contribution in [0.3, 0.4) is 0 Å². The number of nitrogens with one attached hydrogen (secondary N) is 1. The van der Waals surface area contributed by atoms with Crippen LogP contribution < -0.4 is 4.72 Å². The van der Waals surface area contributed by atoms with E-state index >= 15 is 0 Å². The maximum absolute atomic E-state index is 12.1. The molecule has 0 amide bonds. The highest BCUT2D eigenvalue weighted by molar-refractivity contribution is 7.89. The van der Waals surface area contributed by atoms with Crippen molar-refractivity contribution in [2.24, 2.45) is 0 Å². The van der Waals surface area contributed by atoms with E-state index in [1.165, 1.54) is 24.3 Å². The summed E-state index contributed by atoms with van der Waals surface area (Å²) in [5, 5.41) is 8.67. The minimum Gasteiger partial charge on any atom is -0.260 e. The minimum atomic E-state index is -3.56. The van der Waals surface area contributed by atoms with Gasteiger partial charge in [-0.05, 0) is 37.1 Å². The van der Waals surface area contributed by atoms with Crippen molar-refractivity contribution in [1.82, 2.24) is 4.72 Å². The van der Waals surface area contributed by atoms with Gasteiger partial charge in [0.15, 0.2) is 0 Å². The van der Waals surface area contributed by atoms with E-state index in [2.05, 4.69) is 4.72 Å². The van der Waals surface area contributed by atoms with Gasteiger partial charge in [0.25, 0.3) is 0 Å². The van der Waals surface area contributed by atoms with Crippen molar-refractivity contribution in [2.75, 3.05) is 11.5 Å². The highest BCUT2D eigenvalue weighted by atomic mass is 32.2.